The lowest BCUT2D eigenvalue weighted by Crippen LogP contribution is -2.30. The van der Waals surface area contributed by atoms with Gasteiger partial charge in [-0.2, -0.15) is 0 Å². The van der Waals surface area contributed by atoms with Gasteiger partial charge in [0.05, 0.1) is 45.1 Å². The van der Waals surface area contributed by atoms with E-state index in [1.165, 1.54) is 0 Å². The molecule has 31 heavy (non-hydrogen) atoms. The predicted octanol–water partition coefficient (Wildman–Crippen LogP) is 3.84. The molecule has 1 atom stereocenters. The van der Waals surface area contributed by atoms with Crippen molar-refractivity contribution in [2.24, 2.45) is 0 Å². The third kappa shape index (κ3) is 3.56. The second-order valence-corrected chi connectivity index (χ2v) is 7.87. The highest BCUT2D eigenvalue weighted by molar-refractivity contribution is 14.1. The topological polar surface area (TPSA) is 106 Å². The van der Waals surface area contributed by atoms with Gasteiger partial charge in [-0.05, 0) is 29.8 Å². The number of benzene rings is 2. The number of carbonyl (C=O) groups excluding carboxylic acids is 2. The molecule has 9 heteroatoms. The van der Waals surface area contributed by atoms with Crippen LogP contribution in [0.25, 0.3) is 33.2 Å². The minimum atomic E-state index is -0.763. The van der Waals surface area contributed by atoms with Crippen molar-refractivity contribution in [2.45, 2.75) is 6.04 Å². The normalized spacial score (nSPS) is 12.2. The fourth-order valence-electron chi connectivity index (χ4n) is 3.48. The number of halogens is 1. The van der Waals surface area contributed by atoms with Gasteiger partial charge < -0.3 is 10.1 Å². The monoisotopic (exact) mass is 522 g/mol. The van der Waals surface area contributed by atoms with Crippen LogP contribution in [0.5, 0.6) is 0 Å². The maximum Gasteiger partial charge on any atom is 0.289 e. The second-order valence-electron chi connectivity index (χ2n) is 6.91. The summed E-state index contributed by atoms with van der Waals surface area (Å²) in [5.41, 5.74) is 4.74. The molecule has 0 bridgehead atoms. The maximum absolute atomic E-state index is 12.7. The molecule has 0 aliphatic carbocycles. The Balaban J connectivity index is 1.52. The van der Waals surface area contributed by atoms with Crippen LogP contribution in [0.4, 0.5) is 0 Å². The van der Waals surface area contributed by atoms with Gasteiger partial charge in [0.15, 0.2) is 0 Å². The number of imidazole rings is 1. The largest absolute Gasteiger partial charge is 0.336 e. The molecule has 1 amide bonds. The Labute approximate surface area is 190 Å². The molecule has 8 nitrogen and oxygen atoms in total. The van der Waals surface area contributed by atoms with Crippen LogP contribution in [0.15, 0.2) is 67.0 Å². The molecule has 0 fully saturated rings. The Bertz CT molecular complexity index is 1410. The number of fused-ring (bicyclic) bond motifs is 2. The Morgan fingerprint density at radius 1 is 1.06 bits per heavy atom. The molecule has 0 radical (unpaired) electrons. The summed E-state index contributed by atoms with van der Waals surface area (Å²) in [6.07, 6.45) is 4.16. The van der Waals surface area contributed by atoms with E-state index in [0.717, 1.165) is 22.2 Å². The van der Waals surface area contributed by atoms with Gasteiger partial charge in [-0.15, -0.1) is 0 Å². The minimum Gasteiger partial charge on any atom is -0.336 e. The number of nitrogens with zero attached hydrogens (tertiary/aromatic N) is 4. The number of aromatic nitrogens is 5. The number of H-pyrrole nitrogens is 1. The zero-order valence-corrected chi connectivity index (χ0v) is 18.1. The molecule has 5 aromatic rings. The van der Waals surface area contributed by atoms with E-state index in [1.54, 1.807) is 24.5 Å². The number of hydrogen-bond donors (Lipinski definition) is 2. The van der Waals surface area contributed by atoms with Crippen LogP contribution in [-0.4, -0.2) is 35.1 Å². The molecule has 2 N–H and O–H groups in total. The molecule has 0 spiro atoms. The number of carbonyl (C=O) groups is 2. The Kier molecular flexibility index (Phi) is 4.94. The van der Waals surface area contributed by atoms with Crippen LogP contribution in [0.2, 0.25) is 0 Å². The van der Waals surface area contributed by atoms with Crippen LogP contribution >= 0.6 is 22.9 Å². The van der Waals surface area contributed by atoms with E-state index in [2.05, 4.69) is 48.2 Å². The lowest BCUT2D eigenvalue weighted by molar-refractivity contribution is -0.109. The van der Waals surface area contributed by atoms with Gasteiger partial charge in [0.2, 0.25) is 5.82 Å². The smallest absolute Gasteiger partial charge is 0.289 e. The summed E-state index contributed by atoms with van der Waals surface area (Å²) in [5, 5.41) is 6.97. The highest BCUT2D eigenvalue weighted by atomic mass is 127. The molecule has 0 unspecified atom stereocenters. The molecule has 0 saturated heterocycles. The van der Waals surface area contributed by atoms with Crippen molar-refractivity contribution in [2.75, 3.05) is 0 Å². The van der Waals surface area contributed by atoms with Gasteiger partial charge >= 0.3 is 0 Å². The van der Waals surface area contributed by atoms with Crippen molar-refractivity contribution in [3.8, 4) is 11.3 Å². The van der Waals surface area contributed by atoms with Crippen LogP contribution in [0, 0.1) is 0 Å². The van der Waals surface area contributed by atoms with Gasteiger partial charge in [-0.1, -0.05) is 30.3 Å². The van der Waals surface area contributed by atoms with E-state index >= 15 is 0 Å². The lowest BCUT2D eigenvalue weighted by atomic mass is 10.1. The van der Waals surface area contributed by atoms with Crippen molar-refractivity contribution in [1.29, 1.82) is 0 Å². The zero-order chi connectivity index (χ0) is 21.4. The number of rotatable bonds is 5. The summed E-state index contributed by atoms with van der Waals surface area (Å²) in [5.74, 6) is -0.472. The first-order chi connectivity index (χ1) is 15.1. The predicted molar refractivity (Wildman–Crippen MR) is 125 cm³/mol. The summed E-state index contributed by atoms with van der Waals surface area (Å²) in [4.78, 5) is 37.1. The second kappa shape index (κ2) is 7.91. The average Bonchev–Trinajstić information content (AvgIpc) is 3.38. The first kappa shape index (κ1) is 19.4. The van der Waals surface area contributed by atoms with Gasteiger partial charge in [-0.25, -0.2) is 12.9 Å². The molecule has 152 valence electrons. The van der Waals surface area contributed by atoms with Crippen molar-refractivity contribution < 1.29 is 9.59 Å². The van der Waals surface area contributed by atoms with Gasteiger partial charge in [-0.3, -0.25) is 14.9 Å². The summed E-state index contributed by atoms with van der Waals surface area (Å²) < 4.78 is 1.87. The molecule has 5 rings (SSSR count). The summed E-state index contributed by atoms with van der Waals surface area (Å²) >= 11 is 2.17. The Hall–Kier alpha value is -3.60. The van der Waals surface area contributed by atoms with Crippen LogP contribution in [-0.2, 0) is 4.79 Å². The van der Waals surface area contributed by atoms with E-state index in [4.69, 9.17) is 0 Å². The average molecular weight is 522 g/mol. The zero-order valence-electron chi connectivity index (χ0n) is 16.0. The lowest BCUT2D eigenvalue weighted by Gasteiger charge is -2.11. The SMILES string of the molecule is O=C[C@@H](NC(=O)c1nc2cc3c(-c4ccncc4)[nH]n(I)c3cc2n1)c1ccccc1. The number of aldehydes is 1. The Morgan fingerprint density at radius 2 is 1.77 bits per heavy atom. The molecule has 0 saturated carbocycles. The molecule has 0 aliphatic rings. The molecule has 0 aliphatic heterocycles. The molecule has 2 aromatic carbocycles. The molecular weight excluding hydrogens is 507 g/mol. The number of aromatic amines is 1. The van der Waals surface area contributed by atoms with E-state index < -0.39 is 11.9 Å². The first-order valence-corrected chi connectivity index (χ1v) is 10.4. The Morgan fingerprint density at radius 3 is 2.48 bits per heavy atom. The van der Waals surface area contributed by atoms with Crippen molar-refractivity contribution in [1.82, 2.24) is 28.3 Å². The summed E-state index contributed by atoms with van der Waals surface area (Å²) in [7, 11) is 0. The summed E-state index contributed by atoms with van der Waals surface area (Å²) in [6.45, 7) is 0. The van der Waals surface area contributed by atoms with Crippen molar-refractivity contribution >= 4 is 57.0 Å². The van der Waals surface area contributed by atoms with E-state index in [9.17, 15) is 9.59 Å². The number of amides is 1. The third-order valence-electron chi connectivity index (χ3n) is 4.99. The third-order valence-corrected chi connectivity index (χ3v) is 5.75. The number of hydrogen-bond acceptors (Lipinski definition) is 5. The fraction of sp³-hybridized carbons (Fsp3) is 0.0455. The van der Waals surface area contributed by atoms with Gasteiger partial charge in [0.1, 0.15) is 12.3 Å². The summed E-state index contributed by atoms with van der Waals surface area (Å²) in [6, 6.07) is 15.9. The van der Waals surface area contributed by atoms with Crippen molar-refractivity contribution in [3.63, 3.8) is 0 Å². The standard InChI is InChI=1S/C22H15IN6O2/c23-29-19-11-17-16(10-15(19)20(28-29)14-6-8-24-9-7-14)25-21(26-17)22(31)27-18(12-30)13-4-2-1-3-5-13/h1-12,18,28H,(H,27,31)/t18-/m1/s1. The molecular formula is C22H15IN6O2. The molecule has 3 aromatic heterocycles. The highest BCUT2D eigenvalue weighted by Crippen LogP contribution is 2.31. The van der Waals surface area contributed by atoms with E-state index in [1.807, 2.05) is 45.4 Å². The van der Waals surface area contributed by atoms with Crippen molar-refractivity contribution in [3.05, 3.63) is 78.4 Å². The number of pyridine rings is 1. The van der Waals surface area contributed by atoms with Crippen LogP contribution in [0.3, 0.4) is 0 Å². The quantitative estimate of drug-likeness (QED) is 0.270. The van der Waals surface area contributed by atoms with Crippen LogP contribution < -0.4 is 5.32 Å². The van der Waals surface area contributed by atoms with E-state index in [0.29, 0.717) is 22.9 Å². The minimum absolute atomic E-state index is 0.0277. The highest BCUT2D eigenvalue weighted by Gasteiger charge is 2.20. The van der Waals surface area contributed by atoms with Gasteiger partial charge in [0, 0.05) is 23.3 Å². The van der Waals surface area contributed by atoms with Crippen LogP contribution in [0.1, 0.15) is 22.2 Å². The maximum atomic E-state index is 12.7. The van der Waals surface area contributed by atoms with E-state index in [-0.39, 0.29) is 5.82 Å². The number of nitrogens with one attached hydrogen (secondary N) is 2. The first-order valence-electron chi connectivity index (χ1n) is 9.44. The van der Waals surface area contributed by atoms with Gasteiger partial charge in [0.25, 0.3) is 5.91 Å². The fourth-order valence-corrected chi connectivity index (χ4v) is 4.12. The molecule has 3 heterocycles.